The van der Waals surface area contributed by atoms with Crippen molar-refractivity contribution in [2.75, 3.05) is 0 Å². The van der Waals surface area contributed by atoms with Crippen molar-refractivity contribution < 1.29 is 0 Å². The van der Waals surface area contributed by atoms with Crippen LogP contribution in [0.3, 0.4) is 0 Å². The Hall–Kier alpha value is -0.790. The van der Waals surface area contributed by atoms with Gasteiger partial charge in [0.15, 0.2) is 0 Å². The molecule has 0 nitrogen and oxygen atoms in total. The Labute approximate surface area is 122 Å². The number of rotatable bonds is 3. The quantitative estimate of drug-likeness (QED) is 0.642. The van der Waals surface area contributed by atoms with Crippen LogP contribution >= 0.6 is 27.5 Å². The molecule has 2 rings (SSSR count). The van der Waals surface area contributed by atoms with Crippen LogP contribution in [0.2, 0.25) is 5.02 Å². The lowest BCUT2D eigenvalue weighted by Crippen LogP contribution is -1.96. The molecule has 0 aliphatic rings. The van der Waals surface area contributed by atoms with E-state index in [9.17, 15) is 0 Å². The molecule has 2 aromatic rings. The molecule has 0 aromatic heterocycles. The van der Waals surface area contributed by atoms with E-state index in [1.807, 2.05) is 12.1 Å². The second kappa shape index (κ2) is 5.90. The third-order valence-electron chi connectivity index (χ3n) is 2.92. The summed E-state index contributed by atoms with van der Waals surface area (Å²) in [5, 5.41) is 0.804. The van der Waals surface area contributed by atoms with Crippen LogP contribution in [-0.4, -0.2) is 0 Å². The van der Waals surface area contributed by atoms with Gasteiger partial charge < -0.3 is 0 Å². The molecule has 0 aliphatic carbocycles. The predicted molar refractivity (Wildman–Crippen MR) is 82.7 cm³/mol. The van der Waals surface area contributed by atoms with Gasteiger partial charge in [-0.3, -0.25) is 0 Å². The largest absolute Gasteiger partial charge is 0.0843 e. The van der Waals surface area contributed by atoms with E-state index in [4.69, 9.17) is 11.6 Å². The van der Waals surface area contributed by atoms with Crippen molar-refractivity contribution in [3.63, 3.8) is 0 Å². The summed E-state index contributed by atoms with van der Waals surface area (Å²) in [5.41, 5.74) is 5.08. The summed E-state index contributed by atoms with van der Waals surface area (Å²) in [6.07, 6.45) is 0.974. The molecule has 0 fully saturated rings. The first-order valence-electron chi connectivity index (χ1n) is 6.01. The Bertz CT molecular complexity index is 528. The fraction of sp³-hybridized carbons (Fsp3) is 0.250. The number of benzene rings is 2. The van der Waals surface area contributed by atoms with Gasteiger partial charge in [0.05, 0.1) is 0 Å². The number of halogens is 2. The van der Waals surface area contributed by atoms with Crippen LogP contribution in [0.4, 0.5) is 0 Å². The summed E-state index contributed by atoms with van der Waals surface area (Å²) in [6, 6.07) is 14.8. The maximum absolute atomic E-state index is 6.10. The summed E-state index contributed by atoms with van der Waals surface area (Å²) in [7, 11) is 0. The molecule has 94 valence electrons. The van der Waals surface area contributed by atoms with Gasteiger partial charge in [0.2, 0.25) is 0 Å². The van der Waals surface area contributed by atoms with Gasteiger partial charge in [-0.1, -0.05) is 63.4 Å². The molecule has 0 saturated heterocycles. The molecule has 0 aliphatic heterocycles. The Morgan fingerprint density at radius 2 is 1.83 bits per heavy atom. The van der Waals surface area contributed by atoms with Gasteiger partial charge in [-0.2, -0.15) is 0 Å². The van der Waals surface area contributed by atoms with Gasteiger partial charge in [-0.25, -0.2) is 0 Å². The minimum absolute atomic E-state index is 0.302. The van der Waals surface area contributed by atoms with Crippen LogP contribution in [0.15, 0.2) is 42.5 Å². The highest BCUT2D eigenvalue weighted by molar-refractivity contribution is 9.09. The zero-order valence-corrected chi connectivity index (χ0v) is 12.9. The van der Waals surface area contributed by atoms with Gasteiger partial charge in [0.1, 0.15) is 0 Å². The maximum Gasteiger partial charge on any atom is 0.0436 e. The molecular weight excluding hydrogens is 308 g/mol. The molecule has 0 heterocycles. The van der Waals surface area contributed by atoms with Crippen LogP contribution in [0.25, 0.3) is 0 Å². The maximum atomic E-state index is 6.10. The number of hydrogen-bond donors (Lipinski definition) is 0. The third-order valence-corrected chi connectivity index (χ3v) is 3.99. The summed E-state index contributed by atoms with van der Waals surface area (Å²) in [6.45, 7) is 4.19. The van der Waals surface area contributed by atoms with Crippen LogP contribution in [-0.2, 0) is 6.42 Å². The van der Waals surface area contributed by atoms with Crippen LogP contribution < -0.4 is 0 Å². The van der Waals surface area contributed by atoms with Crippen molar-refractivity contribution in [1.29, 1.82) is 0 Å². The molecule has 1 atom stereocenters. The fourth-order valence-corrected chi connectivity index (χ4v) is 3.05. The molecule has 18 heavy (non-hydrogen) atoms. The van der Waals surface area contributed by atoms with Crippen molar-refractivity contribution in [3.8, 4) is 0 Å². The normalized spacial score (nSPS) is 12.4. The molecule has 2 heteroatoms. The van der Waals surface area contributed by atoms with Gasteiger partial charge in [-0.05, 0) is 49.1 Å². The molecule has 0 spiro atoms. The number of alkyl halides is 1. The average molecular weight is 324 g/mol. The molecule has 0 N–H and O–H groups in total. The molecule has 0 saturated carbocycles. The van der Waals surface area contributed by atoms with Gasteiger partial charge in [-0.15, -0.1) is 0 Å². The van der Waals surface area contributed by atoms with Gasteiger partial charge in [0, 0.05) is 9.85 Å². The van der Waals surface area contributed by atoms with Gasteiger partial charge in [0.25, 0.3) is 0 Å². The van der Waals surface area contributed by atoms with Crippen LogP contribution in [0.1, 0.15) is 27.1 Å². The summed E-state index contributed by atoms with van der Waals surface area (Å²) in [5.74, 6) is 0. The molecule has 1 unspecified atom stereocenters. The van der Waals surface area contributed by atoms with E-state index in [1.54, 1.807) is 0 Å². The van der Waals surface area contributed by atoms with E-state index in [0.717, 1.165) is 11.4 Å². The third kappa shape index (κ3) is 3.60. The molecule has 0 amide bonds. The second-order valence-electron chi connectivity index (χ2n) is 4.72. The Morgan fingerprint density at radius 3 is 2.50 bits per heavy atom. The highest BCUT2D eigenvalue weighted by Crippen LogP contribution is 2.30. The minimum Gasteiger partial charge on any atom is -0.0843 e. The van der Waals surface area contributed by atoms with E-state index in [1.165, 1.54) is 22.3 Å². The SMILES string of the molecule is Cc1cccc(CC(Br)c2cc(C)cc(Cl)c2)c1. The minimum atomic E-state index is 0.302. The lowest BCUT2D eigenvalue weighted by Gasteiger charge is -2.12. The molecule has 2 aromatic carbocycles. The molecule has 0 radical (unpaired) electrons. The van der Waals surface area contributed by atoms with Crippen LogP contribution in [0, 0.1) is 13.8 Å². The van der Waals surface area contributed by atoms with Crippen molar-refractivity contribution in [2.45, 2.75) is 25.1 Å². The van der Waals surface area contributed by atoms with Crippen molar-refractivity contribution in [2.24, 2.45) is 0 Å². The summed E-state index contributed by atoms with van der Waals surface area (Å²) in [4.78, 5) is 0.302. The monoisotopic (exact) mass is 322 g/mol. The zero-order valence-electron chi connectivity index (χ0n) is 10.6. The van der Waals surface area contributed by atoms with E-state index in [2.05, 4.69) is 60.1 Å². The first-order chi connectivity index (χ1) is 8.54. The zero-order chi connectivity index (χ0) is 13.1. The molecule has 0 bridgehead atoms. The Kier molecular flexibility index (Phi) is 4.47. The first kappa shape index (κ1) is 13.6. The van der Waals surface area contributed by atoms with E-state index in [0.29, 0.717) is 4.83 Å². The summed E-state index contributed by atoms with van der Waals surface area (Å²) < 4.78 is 0. The van der Waals surface area contributed by atoms with E-state index in [-0.39, 0.29) is 0 Å². The average Bonchev–Trinajstić information content (AvgIpc) is 2.27. The summed E-state index contributed by atoms with van der Waals surface area (Å²) >= 11 is 9.86. The Balaban J connectivity index is 2.19. The van der Waals surface area contributed by atoms with Crippen molar-refractivity contribution in [1.82, 2.24) is 0 Å². The van der Waals surface area contributed by atoms with Crippen molar-refractivity contribution >= 4 is 27.5 Å². The topological polar surface area (TPSA) is 0 Å². The molecular formula is C16H16BrCl. The highest BCUT2D eigenvalue weighted by Gasteiger charge is 2.10. The van der Waals surface area contributed by atoms with Crippen LogP contribution in [0.5, 0.6) is 0 Å². The van der Waals surface area contributed by atoms with Crippen molar-refractivity contribution in [3.05, 3.63) is 69.7 Å². The lowest BCUT2D eigenvalue weighted by atomic mass is 10.0. The van der Waals surface area contributed by atoms with E-state index >= 15 is 0 Å². The predicted octanol–water partition coefficient (Wildman–Crippen LogP) is 5.64. The second-order valence-corrected chi connectivity index (χ2v) is 6.26. The highest BCUT2D eigenvalue weighted by atomic mass is 79.9. The fourth-order valence-electron chi connectivity index (χ4n) is 2.11. The lowest BCUT2D eigenvalue weighted by molar-refractivity contribution is 0.945. The van der Waals surface area contributed by atoms with Gasteiger partial charge >= 0.3 is 0 Å². The Morgan fingerprint density at radius 1 is 1.06 bits per heavy atom. The smallest absolute Gasteiger partial charge is 0.0436 e. The number of hydrogen-bond acceptors (Lipinski definition) is 0. The first-order valence-corrected chi connectivity index (χ1v) is 7.30. The standard InChI is InChI=1S/C16H16BrCl/c1-11-4-3-5-13(6-11)9-16(17)14-7-12(2)8-15(18)10-14/h3-8,10,16H,9H2,1-2H3. The number of aryl methyl sites for hydroxylation is 2. The van der Waals surface area contributed by atoms with E-state index < -0.39 is 0 Å².